The van der Waals surface area contributed by atoms with Gasteiger partial charge in [0, 0.05) is 49.9 Å². The molecule has 1 fully saturated rings. The number of piperidine rings is 1. The number of carbonyl (C=O) groups excluding carboxylic acids is 2. The van der Waals surface area contributed by atoms with Gasteiger partial charge in [-0.1, -0.05) is 18.2 Å². The van der Waals surface area contributed by atoms with E-state index in [1.54, 1.807) is 24.1 Å². The van der Waals surface area contributed by atoms with Crippen molar-refractivity contribution in [3.63, 3.8) is 0 Å². The van der Waals surface area contributed by atoms with Crippen LogP contribution in [0.15, 0.2) is 42.6 Å². The molecule has 1 aromatic carbocycles. The Bertz CT molecular complexity index is 904. The lowest BCUT2D eigenvalue weighted by atomic mass is 9.83. The summed E-state index contributed by atoms with van der Waals surface area (Å²) >= 11 is 0. The molecule has 2 aromatic rings. The lowest BCUT2D eigenvalue weighted by Gasteiger charge is -2.38. The Morgan fingerprint density at radius 1 is 1.23 bits per heavy atom. The first-order chi connectivity index (χ1) is 14.8. The molecule has 31 heavy (non-hydrogen) atoms. The van der Waals surface area contributed by atoms with E-state index in [2.05, 4.69) is 15.6 Å². The van der Waals surface area contributed by atoms with Crippen LogP contribution in [0, 0.1) is 18.7 Å². The Morgan fingerprint density at radius 2 is 2.03 bits per heavy atom. The average Bonchev–Trinajstić information content (AvgIpc) is 2.75. The smallest absolute Gasteiger partial charge is 0.317 e. The number of pyridine rings is 1. The molecule has 0 saturated carbocycles. The number of hydrogen-bond acceptors (Lipinski definition) is 3. The van der Waals surface area contributed by atoms with Crippen LogP contribution in [-0.4, -0.2) is 47.5 Å². The fourth-order valence-corrected chi connectivity index (χ4v) is 3.96. The minimum atomic E-state index is -0.328. The highest BCUT2D eigenvalue weighted by molar-refractivity contribution is 5.81. The van der Waals surface area contributed by atoms with Crippen molar-refractivity contribution in [1.29, 1.82) is 0 Å². The molecule has 2 atom stereocenters. The molecule has 0 spiro atoms. The van der Waals surface area contributed by atoms with Gasteiger partial charge in [0.2, 0.25) is 5.91 Å². The monoisotopic (exact) mass is 426 g/mol. The number of hydrogen-bond donors (Lipinski definition) is 2. The number of halogens is 1. The van der Waals surface area contributed by atoms with Gasteiger partial charge in [-0.25, -0.2) is 9.18 Å². The summed E-state index contributed by atoms with van der Waals surface area (Å²) in [5.74, 6) is -0.678. The predicted octanol–water partition coefficient (Wildman–Crippen LogP) is 3.41. The molecular formula is C24H31FN4O2. The van der Waals surface area contributed by atoms with Crippen molar-refractivity contribution in [2.24, 2.45) is 5.92 Å². The van der Waals surface area contributed by atoms with Gasteiger partial charge in [0.25, 0.3) is 0 Å². The molecule has 1 aromatic heterocycles. The predicted molar refractivity (Wildman–Crippen MR) is 118 cm³/mol. The molecule has 166 valence electrons. The van der Waals surface area contributed by atoms with Crippen molar-refractivity contribution in [2.45, 2.75) is 45.6 Å². The van der Waals surface area contributed by atoms with Crippen LogP contribution in [0.3, 0.4) is 0 Å². The molecule has 0 bridgehead atoms. The quantitative estimate of drug-likeness (QED) is 0.743. The average molecular weight is 427 g/mol. The number of carbonyl (C=O) groups is 2. The number of urea groups is 1. The maximum atomic E-state index is 13.8. The van der Waals surface area contributed by atoms with Crippen molar-refractivity contribution >= 4 is 11.9 Å². The van der Waals surface area contributed by atoms with Crippen LogP contribution in [0.4, 0.5) is 9.18 Å². The highest BCUT2D eigenvalue weighted by Gasteiger charge is 2.34. The summed E-state index contributed by atoms with van der Waals surface area (Å²) in [5, 5.41) is 5.91. The molecule has 6 nitrogen and oxygen atoms in total. The van der Waals surface area contributed by atoms with Crippen LogP contribution in [0.5, 0.6) is 0 Å². The second-order valence-electron chi connectivity index (χ2n) is 8.51. The molecule has 1 aliphatic heterocycles. The third-order valence-electron chi connectivity index (χ3n) is 5.58. The topological polar surface area (TPSA) is 74.3 Å². The molecular weight excluding hydrogens is 395 g/mol. The Balaban J connectivity index is 1.70. The van der Waals surface area contributed by atoms with Crippen LogP contribution in [-0.2, 0) is 11.2 Å². The van der Waals surface area contributed by atoms with Gasteiger partial charge >= 0.3 is 6.03 Å². The van der Waals surface area contributed by atoms with Crippen molar-refractivity contribution in [3.05, 3.63) is 65.2 Å². The van der Waals surface area contributed by atoms with Crippen molar-refractivity contribution in [2.75, 3.05) is 19.6 Å². The summed E-state index contributed by atoms with van der Waals surface area (Å²) in [4.78, 5) is 31.6. The highest BCUT2D eigenvalue weighted by atomic mass is 19.1. The zero-order valence-electron chi connectivity index (χ0n) is 18.4. The standard InChI is InChI=1S/C24H31FN4O2/c1-16(2)28-24(31)29-14-19(18-7-8-22(25)17(3)12-18)13-20(15-29)23(30)27-11-9-21-6-4-5-10-26-21/h4-8,10,12,16,19-20H,9,11,13-15H2,1-3H3,(H,27,30)(H,28,31). The third kappa shape index (κ3) is 6.26. The zero-order valence-corrected chi connectivity index (χ0v) is 18.4. The summed E-state index contributed by atoms with van der Waals surface area (Å²) in [6.45, 7) is 6.90. The summed E-state index contributed by atoms with van der Waals surface area (Å²) in [5.41, 5.74) is 2.44. The van der Waals surface area contributed by atoms with E-state index >= 15 is 0 Å². The molecule has 2 N–H and O–H groups in total. The van der Waals surface area contributed by atoms with Gasteiger partial charge in [-0.15, -0.1) is 0 Å². The number of amides is 3. The number of rotatable bonds is 6. The molecule has 1 aliphatic rings. The second kappa shape index (κ2) is 10.4. The lowest BCUT2D eigenvalue weighted by Crippen LogP contribution is -2.52. The Hall–Kier alpha value is -2.96. The van der Waals surface area contributed by atoms with E-state index in [1.165, 1.54) is 6.07 Å². The first-order valence-electron chi connectivity index (χ1n) is 10.8. The number of nitrogens with zero attached hydrogens (tertiary/aromatic N) is 2. The molecule has 0 radical (unpaired) electrons. The summed E-state index contributed by atoms with van der Waals surface area (Å²) < 4.78 is 13.8. The highest BCUT2D eigenvalue weighted by Crippen LogP contribution is 2.31. The van der Waals surface area contributed by atoms with E-state index in [0.29, 0.717) is 38.0 Å². The SMILES string of the molecule is Cc1cc(C2CC(C(=O)NCCc3ccccn3)CN(C(=O)NC(C)C)C2)ccc1F. The number of aromatic nitrogens is 1. The van der Waals surface area contributed by atoms with E-state index in [9.17, 15) is 14.0 Å². The van der Waals surface area contributed by atoms with Gasteiger partial charge in [0.05, 0.1) is 5.92 Å². The van der Waals surface area contributed by atoms with Gasteiger partial charge in [-0.3, -0.25) is 9.78 Å². The molecule has 2 heterocycles. The third-order valence-corrected chi connectivity index (χ3v) is 5.58. The van der Waals surface area contributed by atoms with Gasteiger partial charge in [-0.2, -0.15) is 0 Å². The molecule has 1 saturated heterocycles. The molecule has 3 rings (SSSR count). The van der Waals surface area contributed by atoms with E-state index in [1.807, 2.05) is 38.1 Å². The maximum Gasteiger partial charge on any atom is 0.317 e. The summed E-state index contributed by atoms with van der Waals surface area (Å²) in [7, 11) is 0. The van der Waals surface area contributed by atoms with E-state index in [0.717, 1.165) is 11.3 Å². The number of likely N-dealkylation sites (tertiary alicyclic amines) is 1. The number of aryl methyl sites for hydroxylation is 1. The first-order valence-corrected chi connectivity index (χ1v) is 10.8. The Morgan fingerprint density at radius 3 is 2.71 bits per heavy atom. The second-order valence-corrected chi connectivity index (χ2v) is 8.51. The van der Waals surface area contributed by atoms with Gasteiger partial charge in [-0.05, 0) is 56.5 Å². The van der Waals surface area contributed by atoms with E-state index in [4.69, 9.17) is 0 Å². The van der Waals surface area contributed by atoms with Crippen molar-refractivity contribution in [3.8, 4) is 0 Å². The maximum absolute atomic E-state index is 13.8. The van der Waals surface area contributed by atoms with Crippen LogP contribution in [0.2, 0.25) is 0 Å². The normalized spacial score (nSPS) is 18.7. The van der Waals surface area contributed by atoms with Crippen molar-refractivity contribution in [1.82, 2.24) is 20.5 Å². The molecule has 0 aliphatic carbocycles. The fraction of sp³-hybridized carbons (Fsp3) is 0.458. The van der Waals surface area contributed by atoms with Crippen molar-refractivity contribution < 1.29 is 14.0 Å². The van der Waals surface area contributed by atoms with Crippen LogP contribution in [0.25, 0.3) is 0 Å². The summed E-state index contributed by atoms with van der Waals surface area (Å²) in [6, 6.07) is 10.6. The lowest BCUT2D eigenvalue weighted by molar-refractivity contribution is -0.126. The Kier molecular flexibility index (Phi) is 7.60. The first kappa shape index (κ1) is 22.7. The van der Waals surface area contributed by atoms with Crippen LogP contribution >= 0.6 is 0 Å². The largest absolute Gasteiger partial charge is 0.355 e. The van der Waals surface area contributed by atoms with Gasteiger partial charge in [0.1, 0.15) is 5.82 Å². The van der Waals surface area contributed by atoms with Crippen LogP contribution < -0.4 is 10.6 Å². The Labute approximate surface area is 183 Å². The number of benzene rings is 1. The van der Waals surface area contributed by atoms with Crippen LogP contribution in [0.1, 0.15) is 43.0 Å². The minimum absolute atomic E-state index is 0.00610. The number of nitrogens with one attached hydrogen (secondary N) is 2. The molecule has 3 amide bonds. The fourth-order valence-electron chi connectivity index (χ4n) is 3.96. The van der Waals surface area contributed by atoms with E-state index in [-0.39, 0.29) is 35.6 Å². The van der Waals surface area contributed by atoms with Gasteiger partial charge in [0.15, 0.2) is 0 Å². The van der Waals surface area contributed by atoms with Gasteiger partial charge < -0.3 is 15.5 Å². The van der Waals surface area contributed by atoms with E-state index < -0.39 is 0 Å². The molecule has 2 unspecified atom stereocenters. The molecule has 7 heteroatoms. The minimum Gasteiger partial charge on any atom is -0.355 e. The zero-order chi connectivity index (χ0) is 22.4. The summed E-state index contributed by atoms with van der Waals surface area (Å²) in [6.07, 6.45) is 3.00.